The van der Waals surface area contributed by atoms with Gasteiger partial charge in [0.25, 0.3) is 0 Å². The zero-order valence-electron chi connectivity index (χ0n) is 21.0. The maximum atomic E-state index is 13.8. The van der Waals surface area contributed by atoms with E-state index in [1.807, 2.05) is 36.7 Å². The molecule has 33 heavy (non-hydrogen) atoms. The molecular formula is C29H45FN2O. The van der Waals surface area contributed by atoms with Gasteiger partial charge in [0.05, 0.1) is 6.61 Å². The van der Waals surface area contributed by atoms with Gasteiger partial charge in [-0.05, 0) is 49.1 Å². The molecule has 1 unspecified atom stereocenters. The number of hydrogen-bond donors (Lipinski definition) is 0. The SMILES string of the molecule is CCCCCCCCCCCc1cnc(-c2ccc(OCCC(F)CCCCC)cc2)nc1. The second kappa shape index (κ2) is 17.5. The van der Waals surface area contributed by atoms with Crippen molar-refractivity contribution < 1.29 is 9.13 Å². The molecule has 1 atom stereocenters. The lowest BCUT2D eigenvalue weighted by Gasteiger charge is -2.10. The summed E-state index contributed by atoms with van der Waals surface area (Å²) in [5, 5.41) is 0. The molecule has 0 aliphatic carbocycles. The summed E-state index contributed by atoms with van der Waals surface area (Å²) >= 11 is 0. The zero-order valence-corrected chi connectivity index (χ0v) is 21.0. The van der Waals surface area contributed by atoms with Gasteiger partial charge in [0.2, 0.25) is 0 Å². The number of alkyl halides is 1. The van der Waals surface area contributed by atoms with E-state index < -0.39 is 6.17 Å². The first kappa shape index (κ1) is 27.3. The van der Waals surface area contributed by atoms with E-state index in [4.69, 9.17) is 4.74 Å². The maximum absolute atomic E-state index is 13.8. The molecule has 0 radical (unpaired) electrons. The number of nitrogens with zero attached hydrogens (tertiary/aromatic N) is 2. The summed E-state index contributed by atoms with van der Waals surface area (Å²) in [5.41, 5.74) is 2.18. The van der Waals surface area contributed by atoms with Crippen molar-refractivity contribution in [2.24, 2.45) is 0 Å². The fraction of sp³-hybridized carbons (Fsp3) is 0.655. The van der Waals surface area contributed by atoms with Crippen molar-refractivity contribution in [3.8, 4) is 17.1 Å². The van der Waals surface area contributed by atoms with Gasteiger partial charge in [-0.1, -0.05) is 84.5 Å². The monoisotopic (exact) mass is 456 g/mol. The lowest BCUT2D eigenvalue weighted by atomic mass is 10.1. The third-order valence-corrected chi connectivity index (χ3v) is 6.21. The second-order valence-corrected chi connectivity index (χ2v) is 9.25. The van der Waals surface area contributed by atoms with Crippen LogP contribution in [-0.4, -0.2) is 22.7 Å². The van der Waals surface area contributed by atoms with Crippen LogP contribution in [0.5, 0.6) is 5.75 Å². The van der Waals surface area contributed by atoms with Crippen LogP contribution < -0.4 is 4.74 Å². The quantitative estimate of drug-likeness (QED) is 0.198. The molecule has 0 aliphatic heterocycles. The molecule has 0 saturated heterocycles. The fourth-order valence-corrected chi connectivity index (χ4v) is 4.04. The van der Waals surface area contributed by atoms with Gasteiger partial charge in [0.15, 0.2) is 5.82 Å². The predicted octanol–water partition coefficient (Wildman–Crippen LogP) is 8.90. The first-order chi connectivity index (χ1) is 16.2. The van der Waals surface area contributed by atoms with Crippen LogP contribution in [0.3, 0.4) is 0 Å². The topological polar surface area (TPSA) is 35.0 Å². The van der Waals surface area contributed by atoms with Crippen LogP contribution >= 0.6 is 0 Å². The van der Waals surface area contributed by atoms with Crippen molar-refractivity contribution in [1.29, 1.82) is 0 Å². The maximum Gasteiger partial charge on any atom is 0.159 e. The van der Waals surface area contributed by atoms with Gasteiger partial charge in [-0.15, -0.1) is 0 Å². The van der Waals surface area contributed by atoms with E-state index in [1.165, 1.54) is 63.4 Å². The molecule has 0 amide bonds. The molecule has 0 aliphatic rings. The molecule has 0 spiro atoms. The molecule has 3 nitrogen and oxygen atoms in total. The Labute approximate surface area is 201 Å². The molecular weight excluding hydrogens is 411 g/mol. The normalized spacial score (nSPS) is 12.1. The molecule has 1 aromatic carbocycles. The van der Waals surface area contributed by atoms with E-state index in [1.54, 1.807) is 0 Å². The summed E-state index contributed by atoms with van der Waals surface area (Å²) in [4.78, 5) is 9.11. The summed E-state index contributed by atoms with van der Waals surface area (Å²) in [6.45, 7) is 4.82. The number of unbranched alkanes of at least 4 members (excludes halogenated alkanes) is 10. The first-order valence-corrected chi connectivity index (χ1v) is 13.4. The highest BCUT2D eigenvalue weighted by Gasteiger charge is 2.07. The Bertz CT molecular complexity index is 717. The van der Waals surface area contributed by atoms with Crippen molar-refractivity contribution in [2.75, 3.05) is 6.61 Å². The van der Waals surface area contributed by atoms with Crippen molar-refractivity contribution in [3.05, 3.63) is 42.2 Å². The Balaban J connectivity index is 1.63. The van der Waals surface area contributed by atoms with Crippen LogP contribution in [0.1, 0.15) is 109 Å². The van der Waals surface area contributed by atoms with Crippen LogP contribution in [0.25, 0.3) is 11.4 Å². The largest absolute Gasteiger partial charge is 0.493 e. The van der Waals surface area contributed by atoms with Crippen molar-refractivity contribution in [1.82, 2.24) is 9.97 Å². The van der Waals surface area contributed by atoms with Crippen molar-refractivity contribution in [3.63, 3.8) is 0 Å². The van der Waals surface area contributed by atoms with Crippen LogP contribution in [0.2, 0.25) is 0 Å². The summed E-state index contributed by atoms with van der Waals surface area (Å²) in [5.74, 6) is 1.50. The average molecular weight is 457 g/mol. The minimum absolute atomic E-state index is 0.413. The van der Waals surface area contributed by atoms with E-state index in [0.717, 1.165) is 42.8 Å². The molecule has 184 valence electrons. The standard InChI is InChI=1S/C29H45FN2O/c1-3-5-7-8-9-10-11-12-14-15-25-23-31-29(32-24-25)26-17-19-28(20-18-26)33-22-21-27(30)16-13-6-4-2/h17-20,23-24,27H,3-16,21-22H2,1-2H3. The highest BCUT2D eigenvalue weighted by molar-refractivity contribution is 5.55. The number of hydrogen-bond acceptors (Lipinski definition) is 3. The predicted molar refractivity (Wildman–Crippen MR) is 138 cm³/mol. The van der Waals surface area contributed by atoms with Crippen LogP contribution in [-0.2, 0) is 6.42 Å². The number of aryl methyl sites for hydroxylation is 1. The molecule has 2 rings (SSSR count). The summed E-state index contributed by atoms with van der Waals surface area (Å²) in [6.07, 6.45) is 20.6. The second-order valence-electron chi connectivity index (χ2n) is 9.25. The minimum Gasteiger partial charge on any atom is -0.493 e. The number of benzene rings is 1. The first-order valence-electron chi connectivity index (χ1n) is 13.4. The smallest absolute Gasteiger partial charge is 0.159 e. The van der Waals surface area contributed by atoms with E-state index >= 15 is 0 Å². The number of rotatable bonds is 19. The Hall–Kier alpha value is -1.97. The summed E-state index contributed by atoms with van der Waals surface area (Å²) in [7, 11) is 0. The average Bonchev–Trinajstić information content (AvgIpc) is 2.84. The zero-order chi connectivity index (χ0) is 23.6. The molecule has 0 bridgehead atoms. The number of halogens is 1. The Morgan fingerprint density at radius 3 is 1.94 bits per heavy atom. The van der Waals surface area contributed by atoms with Crippen molar-refractivity contribution >= 4 is 0 Å². The lowest BCUT2D eigenvalue weighted by molar-refractivity contribution is 0.223. The third kappa shape index (κ3) is 12.2. The molecule has 0 fully saturated rings. The van der Waals surface area contributed by atoms with E-state index in [9.17, 15) is 4.39 Å². The molecule has 1 heterocycles. The van der Waals surface area contributed by atoms with Gasteiger partial charge in [0, 0.05) is 24.4 Å². The van der Waals surface area contributed by atoms with Gasteiger partial charge in [-0.3, -0.25) is 0 Å². The highest BCUT2D eigenvalue weighted by atomic mass is 19.1. The fourth-order valence-electron chi connectivity index (χ4n) is 4.04. The summed E-state index contributed by atoms with van der Waals surface area (Å²) < 4.78 is 19.5. The van der Waals surface area contributed by atoms with E-state index in [-0.39, 0.29) is 0 Å². The Kier molecular flexibility index (Phi) is 14.5. The minimum atomic E-state index is -0.765. The van der Waals surface area contributed by atoms with Crippen LogP contribution in [0, 0.1) is 0 Å². The number of ether oxygens (including phenoxy) is 1. The van der Waals surface area contributed by atoms with Gasteiger partial charge in [-0.25, -0.2) is 14.4 Å². The third-order valence-electron chi connectivity index (χ3n) is 6.21. The van der Waals surface area contributed by atoms with Crippen LogP contribution in [0.15, 0.2) is 36.7 Å². The number of aromatic nitrogens is 2. The van der Waals surface area contributed by atoms with E-state index in [0.29, 0.717) is 19.4 Å². The van der Waals surface area contributed by atoms with Crippen molar-refractivity contribution in [2.45, 2.75) is 116 Å². The molecule has 0 N–H and O–H groups in total. The summed E-state index contributed by atoms with van der Waals surface area (Å²) in [6, 6.07) is 7.77. The van der Waals surface area contributed by atoms with Crippen LogP contribution in [0.4, 0.5) is 4.39 Å². The molecule has 2 aromatic rings. The Morgan fingerprint density at radius 2 is 1.30 bits per heavy atom. The molecule has 4 heteroatoms. The van der Waals surface area contributed by atoms with Gasteiger partial charge in [0.1, 0.15) is 11.9 Å². The van der Waals surface area contributed by atoms with Gasteiger partial charge < -0.3 is 4.74 Å². The molecule has 0 saturated carbocycles. The molecule has 1 aromatic heterocycles. The van der Waals surface area contributed by atoms with E-state index in [2.05, 4.69) is 23.8 Å². The van der Waals surface area contributed by atoms with Gasteiger partial charge >= 0.3 is 0 Å². The highest BCUT2D eigenvalue weighted by Crippen LogP contribution is 2.20. The lowest BCUT2D eigenvalue weighted by Crippen LogP contribution is -2.07. The van der Waals surface area contributed by atoms with Gasteiger partial charge in [-0.2, -0.15) is 0 Å². The Morgan fingerprint density at radius 1 is 0.727 bits per heavy atom.